The summed E-state index contributed by atoms with van der Waals surface area (Å²) < 4.78 is 1.43. The highest BCUT2D eigenvalue weighted by molar-refractivity contribution is 7.99. The molecule has 2 N–H and O–H groups in total. The van der Waals surface area contributed by atoms with E-state index >= 15 is 0 Å². The van der Waals surface area contributed by atoms with Gasteiger partial charge in [-0.05, 0) is 55.0 Å². The van der Waals surface area contributed by atoms with Crippen LogP contribution in [0.15, 0.2) is 76.8 Å². The van der Waals surface area contributed by atoms with E-state index in [0.29, 0.717) is 33.1 Å². The Hall–Kier alpha value is -3.98. The van der Waals surface area contributed by atoms with Crippen molar-refractivity contribution in [3.8, 4) is 5.82 Å². The molecule has 0 aliphatic rings. The van der Waals surface area contributed by atoms with Gasteiger partial charge in [-0.15, -0.1) is 0 Å². The monoisotopic (exact) mass is 459 g/mol. The molecule has 4 rings (SSSR count). The van der Waals surface area contributed by atoms with Gasteiger partial charge in [-0.3, -0.25) is 14.4 Å². The van der Waals surface area contributed by atoms with E-state index < -0.39 is 0 Å². The Morgan fingerprint density at radius 2 is 1.79 bits per heavy atom. The number of hydrogen-bond acceptors (Lipinski definition) is 6. The smallest absolute Gasteiger partial charge is 0.267 e. The highest BCUT2D eigenvalue weighted by Crippen LogP contribution is 2.21. The number of amides is 2. The van der Waals surface area contributed by atoms with Crippen LogP contribution < -0.4 is 16.2 Å². The first-order valence-electron chi connectivity index (χ1n) is 10.2. The lowest BCUT2D eigenvalue weighted by Gasteiger charge is -2.12. The second-order valence-corrected chi connectivity index (χ2v) is 8.18. The van der Waals surface area contributed by atoms with Crippen molar-refractivity contribution in [2.24, 2.45) is 0 Å². The molecule has 0 fully saturated rings. The van der Waals surface area contributed by atoms with Crippen LogP contribution in [0.1, 0.15) is 15.9 Å². The molecule has 2 aromatic heterocycles. The fourth-order valence-electron chi connectivity index (χ4n) is 3.18. The summed E-state index contributed by atoms with van der Waals surface area (Å²) in [6, 6.07) is 17.3. The van der Waals surface area contributed by atoms with Gasteiger partial charge < -0.3 is 10.6 Å². The number of thioether (sulfide) groups is 1. The highest BCUT2D eigenvalue weighted by Gasteiger charge is 2.16. The molecule has 0 radical (unpaired) electrons. The van der Waals surface area contributed by atoms with E-state index in [1.54, 1.807) is 61.8 Å². The Morgan fingerprint density at radius 3 is 2.48 bits per heavy atom. The van der Waals surface area contributed by atoms with Gasteiger partial charge in [0, 0.05) is 24.5 Å². The summed E-state index contributed by atoms with van der Waals surface area (Å²) >= 11 is 1.15. The Balaban J connectivity index is 1.58. The number of carbonyl (C=O) groups is 2. The van der Waals surface area contributed by atoms with Gasteiger partial charge >= 0.3 is 0 Å². The fourth-order valence-corrected chi connectivity index (χ4v) is 3.98. The zero-order valence-electron chi connectivity index (χ0n) is 18.0. The number of aryl methyl sites for hydroxylation is 1. The number of anilines is 1. The van der Waals surface area contributed by atoms with Gasteiger partial charge in [-0.1, -0.05) is 30.0 Å². The van der Waals surface area contributed by atoms with Gasteiger partial charge in [0.25, 0.3) is 11.5 Å². The normalized spacial score (nSPS) is 10.7. The van der Waals surface area contributed by atoms with Crippen molar-refractivity contribution in [3.63, 3.8) is 0 Å². The number of hydrogen-bond donors (Lipinski definition) is 2. The largest absolute Gasteiger partial charge is 0.355 e. The van der Waals surface area contributed by atoms with E-state index in [0.717, 1.165) is 17.3 Å². The molecule has 0 aliphatic heterocycles. The average molecular weight is 460 g/mol. The van der Waals surface area contributed by atoms with Crippen molar-refractivity contribution in [3.05, 3.63) is 88.3 Å². The summed E-state index contributed by atoms with van der Waals surface area (Å²) in [6.07, 6.45) is 1.68. The number of para-hydroxylation sites is 1. The molecule has 9 heteroatoms. The summed E-state index contributed by atoms with van der Waals surface area (Å²) in [4.78, 5) is 46.4. The van der Waals surface area contributed by atoms with Crippen LogP contribution in [-0.2, 0) is 4.79 Å². The molecular formula is C24H21N5O3S. The molecule has 0 spiro atoms. The minimum Gasteiger partial charge on any atom is -0.355 e. The molecule has 4 aromatic rings. The molecule has 0 bridgehead atoms. The van der Waals surface area contributed by atoms with Crippen molar-refractivity contribution in [2.45, 2.75) is 12.1 Å². The van der Waals surface area contributed by atoms with Crippen LogP contribution in [0.5, 0.6) is 0 Å². The van der Waals surface area contributed by atoms with Gasteiger partial charge in [-0.2, -0.15) is 0 Å². The third kappa shape index (κ3) is 4.93. The van der Waals surface area contributed by atoms with E-state index in [-0.39, 0.29) is 23.1 Å². The molecule has 0 saturated carbocycles. The van der Waals surface area contributed by atoms with E-state index in [9.17, 15) is 14.4 Å². The Morgan fingerprint density at radius 1 is 1.03 bits per heavy atom. The van der Waals surface area contributed by atoms with Crippen LogP contribution in [0.25, 0.3) is 16.7 Å². The number of aromatic nitrogens is 3. The number of carbonyl (C=O) groups excluding carboxylic acids is 2. The molecule has 166 valence electrons. The second kappa shape index (κ2) is 9.66. The van der Waals surface area contributed by atoms with Crippen molar-refractivity contribution in [1.82, 2.24) is 19.9 Å². The molecule has 0 unspecified atom stereocenters. The number of fused-ring (bicyclic) bond motifs is 1. The number of nitrogens with zero attached hydrogens (tertiary/aromatic N) is 3. The van der Waals surface area contributed by atoms with E-state index in [1.165, 1.54) is 4.57 Å². The maximum atomic E-state index is 13.2. The SMILES string of the molecule is CNC(=O)c1ccc(NC(=O)CSc2nc3ccccc3c(=O)n2-c2ccc(C)cn2)cc1. The van der Waals surface area contributed by atoms with Crippen LogP contribution in [-0.4, -0.2) is 39.1 Å². The topological polar surface area (TPSA) is 106 Å². The molecule has 2 aromatic carbocycles. The van der Waals surface area contributed by atoms with Crippen LogP contribution in [0.2, 0.25) is 0 Å². The van der Waals surface area contributed by atoms with E-state index in [4.69, 9.17) is 0 Å². The standard InChI is InChI=1S/C24H21N5O3S/c1-15-7-12-20(26-13-15)29-23(32)18-5-3-4-6-19(18)28-24(29)33-14-21(30)27-17-10-8-16(9-11-17)22(31)25-2/h3-13H,14H2,1-2H3,(H,25,31)(H,27,30). The number of nitrogens with one attached hydrogen (secondary N) is 2. The highest BCUT2D eigenvalue weighted by atomic mass is 32.2. The fraction of sp³-hybridized carbons (Fsp3) is 0.125. The molecule has 0 aliphatic carbocycles. The summed E-state index contributed by atoms with van der Waals surface area (Å²) in [7, 11) is 1.56. The molecule has 2 heterocycles. The molecule has 0 saturated heterocycles. The van der Waals surface area contributed by atoms with Crippen LogP contribution >= 0.6 is 11.8 Å². The van der Waals surface area contributed by atoms with Crippen LogP contribution in [0.4, 0.5) is 5.69 Å². The van der Waals surface area contributed by atoms with Crippen molar-refractivity contribution in [2.75, 3.05) is 18.1 Å². The van der Waals surface area contributed by atoms with E-state index in [1.807, 2.05) is 19.1 Å². The predicted molar refractivity (Wildman–Crippen MR) is 129 cm³/mol. The molecule has 8 nitrogen and oxygen atoms in total. The maximum absolute atomic E-state index is 13.2. The molecular weight excluding hydrogens is 438 g/mol. The lowest BCUT2D eigenvalue weighted by Crippen LogP contribution is -2.23. The predicted octanol–water partition coefficient (Wildman–Crippen LogP) is 3.18. The zero-order chi connectivity index (χ0) is 23.4. The molecule has 2 amide bonds. The third-order valence-electron chi connectivity index (χ3n) is 4.86. The van der Waals surface area contributed by atoms with Crippen LogP contribution in [0, 0.1) is 6.92 Å². The lowest BCUT2D eigenvalue weighted by molar-refractivity contribution is -0.113. The van der Waals surface area contributed by atoms with Gasteiger partial charge in [0.05, 0.1) is 16.7 Å². The number of pyridine rings is 1. The number of rotatable bonds is 6. The van der Waals surface area contributed by atoms with Crippen molar-refractivity contribution in [1.29, 1.82) is 0 Å². The average Bonchev–Trinajstić information content (AvgIpc) is 2.83. The Bertz CT molecular complexity index is 1380. The lowest BCUT2D eigenvalue weighted by atomic mass is 10.2. The minimum atomic E-state index is -0.265. The van der Waals surface area contributed by atoms with Crippen molar-refractivity contribution < 1.29 is 9.59 Å². The summed E-state index contributed by atoms with van der Waals surface area (Å²) in [5.74, 6) is 0.0111. The van der Waals surface area contributed by atoms with Crippen molar-refractivity contribution >= 4 is 40.2 Å². The van der Waals surface area contributed by atoms with Gasteiger partial charge in [-0.25, -0.2) is 14.5 Å². The minimum absolute atomic E-state index is 0.0356. The Kier molecular flexibility index (Phi) is 6.50. The molecule has 33 heavy (non-hydrogen) atoms. The van der Waals surface area contributed by atoms with Gasteiger partial charge in [0.2, 0.25) is 5.91 Å². The number of benzene rings is 2. The first kappa shape index (κ1) is 22.2. The molecule has 0 atom stereocenters. The quantitative estimate of drug-likeness (QED) is 0.339. The first-order chi connectivity index (χ1) is 16.0. The summed E-state index contributed by atoms with van der Waals surface area (Å²) in [5, 5.41) is 6.19. The summed E-state index contributed by atoms with van der Waals surface area (Å²) in [6.45, 7) is 1.92. The first-order valence-corrected chi connectivity index (χ1v) is 11.1. The van der Waals surface area contributed by atoms with Crippen LogP contribution in [0.3, 0.4) is 0 Å². The maximum Gasteiger partial charge on any atom is 0.267 e. The van der Waals surface area contributed by atoms with Gasteiger partial charge in [0.15, 0.2) is 5.16 Å². The Labute approximate surface area is 194 Å². The van der Waals surface area contributed by atoms with Gasteiger partial charge in [0.1, 0.15) is 5.82 Å². The van der Waals surface area contributed by atoms with E-state index in [2.05, 4.69) is 20.6 Å². The third-order valence-corrected chi connectivity index (χ3v) is 5.80. The summed E-state index contributed by atoms with van der Waals surface area (Å²) in [5.41, 5.74) is 2.34. The zero-order valence-corrected chi connectivity index (χ0v) is 18.8. The second-order valence-electron chi connectivity index (χ2n) is 7.24.